The first-order valence-corrected chi connectivity index (χ1v) is 14.1. The van der Waals surface area contributed by atoms with E-state index in [1.165, 1.54) is 32.0 Å². The summed E-state index contributed by atoms with van der Waals surface area (Å²) in [5.41, 5.74) is -3.88. The van der Waals surface area contributed by atoms with Crippen molar-refractivity contribution in [1.29, 1.82) is 0 Å². The Morgan fingerprint density at radius 2 is 1.58 bits per heavy atom. The van der Waals surface area contributed by atoms with Crippen LogP contribution in [0.25, 0.3) is 11.1 Å². The average molecular weight is 628 g/mol. The molecule has 0 spiro atoms. The van der Waals surface area contributed by atoms with Crippen LogP contribution in [0, 0.1) is 0 Å². The number of carbonyl (C=O) groups excluding carboxylic acids is 1. The Labute approximate surface area is 251 Å². The van der Waals surface area contributed by atoms with Gasteiger partial charge in [0.15, 0.2) is 0 Å². The number of halogens is 7. The van der Waals surface area contributed by atoms with Crippen LogP contribution in [0.4, 0.5) is 37.8 Å². The maximum Gasteiger partial charge on any atom is 0.416 e. The summed E-state index contributed by atoms with van der Waals surface area (Å²) in [5, 5.41) is 9.96. The molecule has 1 aliphatic rings. The molecule has 1 N–H and O–H groups in total. The van der Waals surface area contributed by atoms with Gasteiger partial charge in [-0.15, -0.1) is 0 Å². The van der Waals surface area contributed by atoms with Gasteiger partial charge in [-0.1, -0.05) is 29.8 Å². The van der Waals surface area contributed by atoms with Crippen molar-refractivity contribution in [3.63, 3.8) is 0 Å². The first kappa shape index (κ1) is 32.6. The van der Waals surface area contributed by atoms with Gasteiger partial charge in [0.1, 0.15) is 5.82 Å². The van der Waals surface area contributed by atoms with Gasteiger partial charge in [0.2, 0.25) is 5.91 Å². The molecular weight excluding hydrogens is 596 g/mol. The van der Waals surface area contributed by atoms with Crippen molar-refractivity contribution >= 4 is 29.0 Å². The number of piperidine rings is 1. The van der Waals surface area contributed by atoms with E-state index in [2.05, 4.69) is 9.88 Å². The fourth-order valence-corrected chi connectivity index (χ4v) is 5.71. The van der Waals surface area contributed by atoms with E-state index >= 15 is 0 Å². The maximum absolute atomic E-state index is 13.9. The summed E-state index contributed by atoms with van der Waals surface area (Å²) >= 11 is 6.55. The summed E-state index contributed by atoms with van der Waals surface area (Å²) in [6.07, 6.45) is -5.30. The molecule has 5 nitrogen and oxygen atoms in total. The fourth-order valence-electron chi connectivity index (χ4n) is 5.48. The van der Waals surface area contributed by atoms with Crippen LogP contribution in [-0.4, -0.2) is 42.2 Å². The van der Waals surface area contributed by atoms with E-state index in [4.69, 9.17) is 11.6 Å². The number of rotatable bonds is 7. The van der Waals surface area contributed by atoms with Gasteiger partial charge in [-0.05, 0) is 75.4 Å². The Bertz CT molecular complexity index is 1440. The van der Waals surface area contributed by atoms with Gasteiger partial charge in [-0.25, -0.2) is 4.98 Å². The molecule has 4 rings (SSSR count). The number of benzene rings is 2. The minimum atomic E-state index is -5.06. The number of alkyl halides is 6. The first-order valence-electron chi connectivity index (χ1n) is 13.8. The summed E-state index contributed by atoms with van der Waals surface area (Å²) in [5.74, 6) is -0.149. The molecule has 1 saturated heterocycles. The number of hydrogen-bond donors (Lipinski definition) is 1. The molecule has 43 heavy (non-hydrogen) atoms. The number of hydrogen-bond acceptors (Lipinski definition) is 4. The molecule has 0 saturated carbocycles. The molecule has 1 unspecified atom stereocenters. The molecule has 232 valence electrons. The highest BCUT2D eigenvalue weighted by Crippen LogP contribution is 2.42. The molecule has 1 fully saturated rings. The summed E-state index contributed by atoms with van der Waals surface area (Å²) < 4.78 is 81.6. The van der Waals surface area contributed by atoms with Crippen LogP contribution in [0.3, 0.4) is 0 Å². The molecule has 0 bridgehead atoms. The Kier molecular flexibility index (Phi) is 9.37. The van der Waals surface area contributed by atoms with Crippen molar-refractivity contribution < 1.29 is 36.2 Å². The fraction of sp³-hybridized carbons (Fsp3) is 0.419. The van der Waals surface area contributed by atoms with E-state index in [1.807, 2.05) is 0 Å². The third kappa shape index (κ3) is 6.93. The van der Waals surface area contributed by atoms with Gasteiger partial charge in [-0.2, -0.15) is 26.3 Å². The van der Waals surface area contributed by atoms with Crippen LogP contribution in [0.15, 0.2) is 54.7 Å². The number of aliphatic hydroxyl groups is 1. The second kappa shape index (κ2) is 12.4. The Balaban J connectivity index is 1.81. The highest BCUT2D eigenvalue weighted by molar-refractivity contribution is 6.33. The number of nitrogens with zero attached hydrogens (tertiary/aromatic N) is 3. The summed E-state index contributed by atoms with van der Waals surface area (Å²) in [6, 6.07) is 9.93. The van der Waals surface area contributed by atoms with Gasteiger partial charge in [-0.3, -0.25) is 4.79 Å². The van der Waals surface area contributed by atoms with E-state index < -0.39 is 40.4 Å². The highest BCUT2D eigenvalue weighted by atomic mass is 35.5. The zero-order valence-electron chi connectivity index (χ0n) is 23.9. The third-order valence-electron chi connectivity index (χ3n) is 7.93. The largest absolute Gasteiger partial charge is 0.416 e. The minimum Gasteiger partial charge on any atom is -0.396 e. The average Bonchev–Trinajstić information content (AvgIpc) is 2.95. The molecule has 1 aliphatic heterocycles. The molecule has 0 aliphatic carbocycles. The smallest absolute Gasteiger partial charge is 0.396 e. The van der Waals surface area contributed by atoms with E-state index in [0.717, 1.165) is 19.3 Å². The zero-order valence-corrected chi connectivity index (χ0v) is 24.6. The number of carbonyl (C=O) groups is 1. The van der Waals surface area contributed by atoms with Crippen LogP contribution >= 0.6 is 11.6 Å². The van der Waals surface area contributed by atoms with E-state index in [0.29, 0.717) is 47.1 Å². The van der Waals surface area contributed by atoms with Gasteiger partial charge in [0.05, 0.1) is 28.4 Å². The second-order valence-electron chi connectivity index (χ2n) is 11.2. The van der Waals surface area contributed by atoms with Crippen LogP contribution in [0.2, 0.25) is 5.02 Å². The topological polar surface area (TPSA) is 56.7 Å². The van der Waals surface area contributed by atoms with Crippen molar-refractivity contribution in [2.75, 3.05) is 30.0 Å². The number of pyridine rings is 1. The number of amides is 1. The lowest BCUT2D eigenvalue weighted by atomic mass is 9.81. The summed E-state index contributed by atoms with van der Waals surface area (Å²) in [6.45, 7) is 3.28. The van der Waals surface area contributed by atoms with E-state index in [1.54, 1.807) is 30.3 Å². The van der Waals surface area contributed by atoms with Gasteiger partial charge >= 0.3 is 12.4 Å². The molecule has 1 aromatic heterocycles. The van der Waals surface area contributed by atoms with Crippen LogP contribution in [0.5, 0.6) is 0 Å². The Morgan fingerprint density at radius 1 is 0.977 bits per heavy atom. The number of likely N-dealkylation sites (N-methyl/N-ethyl adjacent to an activating group) is 1. The Hall–Kier alpha value is -3.31. The molecule has 0 radical (unpaired) electrons. The van der Waals surface area contributed by atoms with Crippen LogP contribution < -0.4 is 9.80 Å². The standard InChI is InChI=1S/C31H32ClF6N3O2/c1-29(2,19-14-20(30(33,34)35)16-21(15-19)31(36,37)38)28(43)40(3)26-18-39-27(41-12-7-6-8-22(41)11-13-42)17-24(26)23-9-4-5-10-25(23)32/h4-5,9-10,14-18,22,42H,6-8,11-13H2,1-3H3. The monoisotopic (exact) mass is 627 g/mol. The van der Waals surface area contributed by atoms with Crippen molar-refractivity contribution in [3.8, 4) is 11.1 Å². The SMILES string of the molecule is CN(C(=O)C(C)(C)c1cc(C(F)(F)F)cc(C(F)(F)F)c1)c1cnc(N2CCCCC2CCO)cc1-c1ccccc1Cl. The number of anilines is 2. The van der Waals surface area contributed by atoms with Crippen molar-refractivity contribution in [1.82, 2.24) is 4.98 Å². The lowest BCUT2D eigenvalue weighted by Gasteiger charge is -2.37. The lowest BCUT2D eigenvalue weighted by Crippen LogP contribution is -2.42. The molecule has 1 atom stereocenters. The molecule has 1 amide bonds. The number of aromatic nitrogens is 1. The van der Waals surface area contributed by atoms with Gasteiger partial charge < -0.3 is 14.9 Å². The van der Waals surface area contributed by atoms with Crippen molar-refractivity contribution in [3.05, 3.63) is 76.4 Å². The lowest BCUT2D eigenvalue weighted by molar-refractivity contribution is -0.143. The third-order valence-corrected chi connectivity index (χ3v) is 8.26. The zero-order chi connectivity index (χ0) is 31.7. The highest BCUT2D eigenvalue weighted by Gasteiger charge is 2.41. The second-order valence-corrected chi connectivity index (χ2v) is 11.6. The maximum atomic E-state index is 13.9. The van der Waals surface area contributed by atoms with E-state index in [-0.39, 0.29) is 24.4 Å². The summed E-state index contributed by atoms with van der Waals surface area (Å²) in [4.78, 5) is 21.8. The molecule has 2 aromatic carbocycles. The predicted molar refractivity (Wildman–Crippen MR) is 154 cm³/mol. The molecule has 2 heterocycles. The first-order chi connectivity index (χ1) is 20.1. The van der Waals surface area contributed by atoms with Crippen molar-refractivity contribution in [2.45, 2.75) is 63.3 Å². The predicted octanol–water partition coefficient (Wildman–Crippen LogP) is 8.12. The van der Waals surface area contributed by atoms with Gasteiger partial charge in [0, 0.05) is 42.4 Å². The summed E-state index contributed by atoms with van der Waals surface area (Å²) in [7, 11) is 1.40. The van der Waals surface area contributed by atoms with Crippen molar-refractivity contribution in [2.24, 2.45) is 0 Å². The van der Waals surface area contributed by atoms with E-state index in [9.17, 15) is 36.2 Å². The molecular formula is C31H32ClF6N3O2. The van der Waals surface area contributed by atoms with Gasteiger partial charge in [0.25, 0.3) is 0 Å². The van der Waals surface area contributed by atoms with Crippen LogP contribution in [0.1, 0.15) is 56.2 Å². The molecule has 3 aromatic rings. The number of aliphatic hydroxyl groups excluding tert-OH is 1. The Morgan fingerprint density at radius 3 is 2.16 bits per heavy atom. The molecule has 12 heteroatoms. The quantitative estimate of drug-likeness (QED) is 0.269. The minimum absolute atomic E-state index is 0.00847. The van der Waals surface area contributed by atoms with Crippen LogP contribution in [-0.2, 0) is 22.6 Å². The normalized spacial score (nSPS) is 16.3.